The van der Waals surface area contributed by atoms with Crippen LogP contribution in [-0.2, 0) is 9.47 Å². The number of rotatable bonds is 9. The lowest BCUT2D eigenvalue weighted by Crippen LogP contribution is -2.17. The first-order valence-corrected chi connectivity index (χ1v) is 10.7. The van der Waals surface area contributed by atoms with Crippen molar-refractivity contribution in [2.24, 2.45) is 0 Å². The van der Waals surface area contributed by atoms with Gasteiger partial charge in [0.25, 0.3) is 0 Å². The first-order valence-electron chi connectivity index (χ1n) is 10.7. The summed E-state index contributed by atoms with van der Waals surface area (Å²) in [6, 6.07) is 17.9. The van der Waals surface area contributed by atoms with Crippen molar-refractivity contribution in [3.63, 3.8) is 0 Å². The maximum atomic E-state index is 12.4. The van der Waals surface area contributed by atoms with Crippen LogP contribution in [0.4, 0.5) is 0 Å². The molecule has 1 atom stereocenters. The monoisotopic (exact) mass is 476 g/mol. The topological polar surface area (TPSA) is 105 Å². The molecule has 8 nitrogen and oxygen atoms in total. The molecule has 0 aliphatic rings. The lowest BCUT2D eigenvalue weighted by atomic mass is 10.1. The summed E-state index contributed by atoms with van der Waals surface area (Å²) in [7, 11) is 1.53. The van der Waals surface area contributed by atoms with Crippen LogP contribution in [0.1, 0.15) is 55.3 Å². The zero-order valence-corrected chi connectivity index (χ0v) is 19.5. The number of hydrogen-bond acceptors (Lipinski definition) is 8. The van der Waals surface area contributed by atoms with Gasteiger partial charge in [0.05, 0.1) is 22.8 Å². The SMILES string of the molecule is COC(C)COC(=O)c1ccc(OC(=O)c2ccc(C(=O)Oc3ccc(C(C)=O)cc3)cc2)cc1. The minimum Gasteiger partial charge on any atom is -0.459 e. The van der Waals surface area contributed by atoms with Gasteiger partial charge < -0.3 is 18.9 Å². The summed E-state index contributed by atoms with van der Waals surface area (Å²) < 4.78 is 20.8. The van der Waals surface area contributed by atoms with Gasteiger partial charge in [0.15, 0.2) is 5.78 Å². The molecule has 0 bridgehead atoms. The Morgan fingerprint density at radius 3 is 1.40 bits per heavy atom. The summed E-state index contributed by atoms with van der Waals surface area (Å²) in [5, 5.41) is 0. The zero-order valence-electron chi connectivity index (χ0n) is 19.5. The van der Waals surface area contributed by atoms with Gasteiger partial charge in [0.2, 0.25) is 0 Å². The highest BCUT2D eigenvalue weighted by atomic mass is 16.6. The van der Waals surface area contributed by atoms with Gasteiger partial charge in [-0.2, -0.15) is 0 Å². The van der Waals surface area contributed by atoms with Gasteiger partial charge in [0, 0.05) is 12.7 Å². The number of ketones is 1. The van der Waals surface area contributed by atoms with E-state index in [-0.39, 0.29) is 35.4 Å². The zero-order chi connectivity index (χ0) is 25.4. The summed E-state index contributed by atoms with van der Waals surface area (Å²) >= 11 is 0. The van der Waals surface area contributed by atoms with Gasteiger partial charge in [-0.15, -0.1) is 0 Å². The largest absolute Gasteiger partial charge is 0.459 e. The smallest absolute Gasteiger partial charge is 0.343 e. The third-order valence-electron chi connectivity index (χ3n) is 4.98. The molecular formula is C27H24O8. The Morgan fingerprint density at radius 1 is 0.629 bits per heavy atom. The summed E-state index contributed by atoms with van der Waals surface area (Å²) in [5.41, 5.74) is 1.29. The molecule has 35 heavy (non-hydrogen) atoms. The normalized spacial score (nSPS) is 11.3. The molecule has 0 fully saturated rings. The molecule has 0 heterocycles. The molecule has 180 valence electrons. The Bertz CT molecular complexity index is 1200. The Kier molecular flexibility index (Phi) is 8.48. The van der Waals surface area contributed by atoms with E-state index in [2.05, 4.69) is 0 Å². The van der Waals surface area contributed by atoms with Gasteiger partial charge in [-0.3, -0.25) is 4.79 Å². The highest BCUT2D eigenvalue weighted by Crippen LogP contribution is 2.17. The predicted octanol–water partition coefficient (Wildman–Crippen LogP) is 4.52. The number of esters is 3. The van der Waals surface area contributed by atoms with Gasteiger partial charge in [-0.05, 0) is 86.6 Å². The molecule has 0 saturated heterocycles. The second kappa shape index (κ2) is 11.7. The first-order chi connectivity index (χ1) is 16.8. The number of hydrogen-bond donors (Lipinski definition) is 0. The molecule has 0 N–H and O–H groups in total. The van der Waals surface area contributed by atoms with Crippen LogP contribution in [0.2, 0.25) is 0 Å². The molecule has 0 spiro atoms. The number of methoxy groups -OCH3 is 1. The van der Waals surface area contributed by atoms with Crippen LogP contribution in [0.25, 0.3) is 0 Å². The van der Waals surface area contributed by atoms with Crippen LogP contribution < -0.4 is 9.47 Å². The third-order valence-corrected chi connectivity index (χ3v) is 4.98. The summed E-state index contributed by atoms with van der Waals surface area (Å²) in [5.74, 6) is -1.30. The number of carbonyl (C=O) groups excluding carboxylic acids is 4. The second-order valence-electron chi connectivity index (χ2n) is 7.61. The van der Waals surface area contributed by atoms with Crippen LogP contribution in [0.3, 0.4) is 0 Å². The fourth-order valence-electron chi connectivity index (χ4n) is 2.84. The molecule has 1 unspecified atom stereocenters. The van der Waals surface area contributed by atoms with Crippen molar-refractivity contribution >= 4 is 23.7 Å². The fraction of sp³-hybridized carbons (Fsp3) is 0.185. The van der Waals surface area contributed by atoms with Crippen molar-refractivity contribution in [1.82, 2.24) is 0 Å². The lowest BCUT2D eigenvalue weighted by molar-refractivity contribution is 0.0169. The lowest BCUT2D eigenvalue weighted by Gasteiger charge is -2.10. The predicted molar refractivity (Wildman–Crippen MR) is 126 cm³/mol. The van der Waals surface area contributed by atoms with Crippen LogP contribution in [-0.4, -0.2) is 43.5 Å². The highest BCUT2D eigenvalue weighted by molar-refractivity contribution is 5.96. The Morgan fingerprint density at radius 2 is 1.00 bits per heavy atom. The van der Waals surface area contributed by atoms with E-state index in [0.29, 0.717) is 16.9 Å². The molecule has 0 radical (unpaired) electrons. The minimum absolute atomic E-state index is 0.0867. The molecule has 3 aromatic carbocycles. The summed E-state index contributed by atoms with van der Waals surface area (Å²) in [6.07, 6.45) is -0.216. The summed E-state index contributed by atoms with van der Waals surface area (Å²) in [6.45, 7) is 3.35. The summed E-state index contributed by atoms with van der Waals surface area (Å²) in [4.78, 5) is 48.1. The molecule has 0 amide bonds. The molecule has 8 heteroatoms. The van der Waals surface area contributed by atoms with E-state index in [1.54, 1.807) is 19.1 Å². The fourth-order valence-corrected chi connectivity index (χ4v) is 2.84. The van der Waals surface area contributed by atoms with Crippen molar-refractivity contribution in [3.05, 3.63) is 95.1 Å². The number of carbonyl (C=O) groups is 4. The molecule has 0 aliphatic carbocycles. The van der Waals surface area contributed by atoms with Gasteiger partial charge in [0.1, 0.15) is 18.1 Å². The first kappa shape index (κ1) is 25.3. The van der Waals surface area contributed by atoms with Crippen LogP contribution in [0.15, 0.2) is 72.8 Å². The van der Waals surface area contributed by atoms with E-state index in [4.69, 9.17) is 18.9 Å². The van der Waals surface area contributed by atoms with E-state index >= 15 is 0 Å². The average molecular weight is 476 g/mol. The van der Waals surface area contributed by atoms with E-state index in [0.717, 1.165) is 0 Å². The van der Waals surface area contributed by atoms with Gasteiger partial charge in [-0.25, -0.2) is 14.4 Å². The van der Waals surface area contributed by atoms with Crippen molar-refractivity contribution < 1.29 is 38.1 Å². The average Bonchev–Trinajstić information content (AvgIpc) is 2.87. The Labute approximate surface area is 202 Å². The van der Waals surface area contributed by atoms with E-state index in [1.807, 2.05) is 0 Å². The van der Waals surface area contributed by atoms with Crippen molar-refractivity contribution in [3.8, 4) is 11.5 Å². The third kappa shape index (κ3) is 7.09. The number of ether oxygens (including phenoxy) is 4. The molecule has 0 aliphatic heterocycles. The standard InChI is InChI=1S/C27H24O8/c1-17(32-3)16-33-25(29)20-10-14-24(15-11-20)35-27(31)22-6-4-21(5-7-22)26(30)34-23-12-8-19(9-13-23)18(2)28/h4-15,17H,16H2,1-3H3. The van der Waals surface area contributed by atoms with Gasteiger partial charge in [-0.1, -0.05) is 0 Å². The maximum Gasteiger partial charge on any atom is 0.343 e. The van der Waals surface area contributed by atoms with Crippen LogP contribution in [0, 0.1) is 0 Å². The molecule has 3 rings (SSSR count). The Balaban J connectivity index is 1.56. The van der Waals surface area contributed by atoms with Crippen LogP contribution >= 0.6 is 0 Å². The van der Waals surface area contributed by atoms with E-state index in [9.17, 15) is 19.2 Å². The second-order valence-corrected chi connectivity index (χ2v) is 7.61. The van der Waals surface area contributed by atoms with E-state index in [1.165, 1.54) is 74.7 Å². The molecule has 3 aromatic rings. The molecule has 0 saturated carbocycles. The van der Waals surface area contributed by atoms with Crippen molar-refractivity contribution in [1.29, 1.82) is 0 Å². The van der Waals surface area contributed by atoms with Crippen LogP contribution in [0.5, 0.6) is 11.5 Å². The van der Waals surface area contributed by atoms with Gasteiger partial charge >= 0.3 is 17.9 Å². The highest BCUT2D eigenvalue weighted by Gasteiger charge is 2.14. The number of Topliss-reactive ketones (excluding diaryl/α,β-unsaturated/α-hetero) is 1. The number of benzene rings is 3. The quantitative estimate of drug-likeness (QED) is 0.252. The Hall–Kier alpha value is -4.30. The van der Waals surface area contributed by atoms with Crippen molar-refractivity contribution in [2.45, 2.75) is 20.0 Å². The minimum atomic E-state index is -0.631. The van der Waals surface area contributed by atoms with Crippen molar-refractivity contribution in [2.75, 3.05) is 13.7 Å². The van der Waals surface area contributed by atoms with E-state index < -0.39 is 17.9 Å². The maximum absolute atomic E-state index is 12.4. The molecular weight excluding hydrogens is 452 g/mol. The molecule has 0 aromatic heterocycles.